The Kier molecular flexibility index (Phi) is 8.45. The third-order valence-electron chi connectivity index (χ3n) is 4.95. The van der Waals surface area contributed by atoms with Gasteiger partial charge in [-0.05, 0) is 60.2 Å². The summed E-state index contributed by atoms with van der Waals surface area (Å²) in [5.74, 6) is 0. The van der Waals surface area contributed by atoms with Crippen molar-refractivity contribution in [3.05, 3.63) is 70.6 Å². The molecule has 3 nitrogen and oxygen atoms in total. The summed E-state index contributed by atoms with van der Waals surface area (Å²) in [6, 6.07) is -2.15. The first-order valence-electron chi connectivity index (χ1n) is 10.4. The van der Waals surface area contributed by atoms with Gasteiger partial charge in [0.2, 0.25) is 0 Å². The molecule has 0 aliphatic rings. The van der Waals surface area contributed by atoms with Crippen LogP contribution in [0, 0.1) is 0 Å². The summed E-state index contributed by atoms with van der Waals surface area (Å²) >= 11 is 0. The van der Waals surface area contributed by atoms with Crippen molar-refractivity contribution in [3.8, 4) is 0 Å². The molecule has 3 aromatic rings. The van der Waals surface area contributed by atoms with Gasteiger partial charge >= 0.3 is 37.1 Å². The fraction of sp³-hybridized carbons (Fsp3) is 0.286. The molecular weight excluding hydrogens is 667 g/mol. The zero-order valence-electron chi connectivity index (χ0n) is 19.6. The molecule has 0 amide bonds. The molecule has 3 aromatic heterocycles. The van der Waals surface area contributed by atoms with Crippen molar-refractivity contribution in [2.24, 2.45) is 0 Å². The molecule has 43 heavy (non-hydrogen) atoms. The Balaban J connectivity index is 2.60. The first-order chi connectivity index (χ1) is 19.1. The molecule has 0 saturated carbocycles. The number of hydrogen-bond acceptors (Lipinski definition) is 3. The minimum absolute atomic E-state index is 0.358. The Morgan fingerprint density at radius 3 is 0.558 bits per heavy atom. The Morgan fingerprint density at radius 1 is 0.302 bits per heavy atom. The van der Waals surface area contributed by atoms with Crippen LogP contribution in [-0.2, 0) is 37.1 Å². The van der Waals surface area contributed by atoms with Gasteiger partial charge in [-0.2, -0.15) is 79.0 Å². The van der Waals surface area contributed by atoms with Crippen LogP contribution in [0.4, 0.5) is 79.0 Å². The summed E-state index contributed by atoms with van der Waals surface area (Å²) in [7, 11) is -3.95. The first kappa shape index (κ1) is 34.1. The number of pyridine rings is 3. The average Bonchev–Trinajstić information content (AvgIpc) is 2.80. The van der Waals surface area contributed by atoms with Gasteiger partial charge in [0.05, 0.1) is 0 Å². The van der Waals surface area contributed by atoms with E-state index in [1.807, 2.05) is 0 Å². The quantitative estimate of drug-likeness (QED) is 0.211. The number of rotatable bonds is 3. The number of nitrogens with zero attached hydrogens (tertiary/aromatic N) is 3. The highest BCUT2D eigenvalue weighted by atomic mass is 31.1. The van der Waals surface area contributed by atoms with Gasteiger partial charge in [0.15, 0.2) is 0 Å². The van der Waals surface area contributed by atoms with Crippen molar-refractivity contribution in [2.45, 2.75) is 37.1 Å². The second-order valence-electron chi connectivity index (χ2n) is 8.11. The largest absolute Gasteiger partial charge is 0.433 e. The van der Waals surface area contributed by atoms with Gasteiger partial charge in [0.25, 0.3) is 0 Å². The van der Waals surface area contributed by atoms with E-state index in [9.17, 15) is 79.0 Å². The highest BCUT2D eigenvalue weighted by Gasteiger charge is 2.44. The summed E-state index contributed by atoms with van der Waals surface area (Å²) in [5, 5.41) is -4.70. The number of aromatic nitrogens is 3. The lowest BCUT2D eigenvalue weighted by molar-refractivity contribution is -0.151. The highest BCUT2D eigenvalue weighted by Crippen LogP contribution is 2.43. The van der Waals surface area contributed by atoms with E-state index in [-0.39, 0.29) is 36.4 Å². The second-order valence-corrected chi connectivity index (χ2v) is 10.3. The van der Waals surface area contributed by atoms with Crippen LogP contribution in [0.1, 0.15) is 34.2 Å². The topological polar surface area (TPSA) is 38.7 Å². The van der Waals surface area contributed by atoms with Crippen LogP contribution >= 0.6 is 7.92 Å². The van der Waals surface area contributed by atoms with Gasteiger partial charge in [0.1, 0.15) is 34.2 Å². The minimum Gasteiger partial charge on any atom is -0.239 e. The molecular formula is C21H6F18N3P. The fourth-order valence-corrected chi connectivity index (χ4v) is 5.66. The lowest BCUT2D eigenvalue weighted by atomic mass is 10.2. The Bertz CT molecular complexity index is 1220. The first-order valence-corrected chi connectivity index (χ1v) is 11.7. The highest BCUT2D eigenvalue weighted by molar-refractivity contribution is 7.79. The third kappa shape index (κ3) is 7.97. The molecule has 236 valence electrons. The zero-order valence-corrected chi connectivity index (χ0v) is 20.5. The molecule has 3 rings (SSSR count). The summed E-state index contributed by atoms with van der Waals surface area (Å²) in [6.45, 7) is 0. The van der Waals surface area contributed by atoms with Gasteiger partial charge < -0.3 is 0 Å². The Morgan fingerprint density at radius 2 is 0.442 bits per heavy atom. The standard InChI is InChI=1S/C21H6F18N3P/c22-16(23,24)10-1-7(2-11(40-10)17(25,26)27)43(8-3-12(18(28,29)30)41-13(4-8)19(31,32)33)9-5-14(20(34,35)36)42-15(6-9)21(37,38)39/h1-6H. The molecule has 0 unspecified atom stereocenters. The van der Waals surface area contributed by atoms with Gasteiger partial charge in [-0.3, -0.25) is 0 Å². The van der Waals surface area contributed by atoms with Gasteiger partial charge in [-0.15, -0.1) is 0 Å². The van der Waals surface area contributed by atoms with Crippen LogP contribution in [0.15, 0.2) is 36.4 Å². The van der Waals surface area contributed by atoms with E-state index in [1.54, 1.807) is 0 Å². The van der Waals surface area contributed by atoms with Crippen LogP contribution in [-0.4, -0.2) is 15.0 Å². The molecule has 3 heterocycles. The van der Waals surface area contributed by atoms with E-state index in [0.717, 1.165) is 0 Å². The van der Waals surface area contributed by atoms with Crippen LogP contribution in [0.5, 0.6) is 0 Å². The van der Waals surface area contributed by atoms with Crippen molar-refractivity contribution in [2.75, 3.05) is 0 Å². The summed E-state index contributed by atoms with van der Waals surface area (Å²) < 4.78 is 242. The normalized spacial score (nSPS) is 14.0. The van der Waals surface area contributed by atoms with E-state index >= 15 is 0 Å². The molecule has 0 aliphatic heterocycles. The predicted molar refractivity (Wildman–Crippen MR) is 109 cm³/mol. The number of alkyl halides is 18. The summed E-state index contributed by atoms with van der Waals surface area (Å²) in [6.07, 6.45) is -34.8. The third-order valence-corrected chi connectivity index (χ3v) is 7.27. The number of hydrogen-bond donors (Lipinski definition) is 0. The molecule has 0 fully saturated rings. The lowest BCUT2D eigenvalue weighted by Gasteiger charge is -2.24. The molecule has 0 bridgehead atoms. The molecule has 0 N–H and O–H groups in total. The van der Waals surface area contributed by atoms with Crippen molar-refractivity contribution in [3.63, 3.8) is 0 Å². The smallest absolute Gasteiger partial charge is 0.239 e. The molecule has 0 spiro atoms. The fourth-order valence-electron chi connectivity index (χ4n) is 3.25. The molecule has 0 aromatic carbocycles. The maximum atomic E-state index is 13.4. The van der Waals surface area contributed by atoms with Crippen molar-refractivity contribution in [1.82, 2.24) is 15.0 Å². The Labute approximate surface area is 226 Å². The maximum absolute atomic E-state index is 13.4. The van der Waals surface area contributed by atoms with E-state index in [2.05, 4.69) is 15.0 Å². The van der Waals surface area contributed by atoms with E-state index in [4.69, 9.17) is 0 Å². The van der Waals surface area contributed by atoms with Crippen molar-refractivity contribution >= 4 is 23.8 Å². The molecule has 22 heteroatoms. The summed E-state index contributed by atoms with van der Waals surface area (Å²) in [5.41, 5.74) is -14.8. The lowest BCUT2D eigenvalue weighted by Crippen LogP contribution is -2.29. The van der Waals surface area contributed by atoms with Crippen molar-refractivity contribution < 1.29 is 79.0 Å². The molecule has 0 radical (unpaired) electrons. The molecule has 0 atom stereocenters. The monoisotopic (exact) mass is 673 g/mol. The van der Waals surface area contributed by atoms with Crippen LogP contribution in [0.2, 0.25) is 0 Å². The van der Waals surface area contributed by atoms with Gasteiger partial charge in [-0.1, -0.05) is 0 Å². The van der Waals surface area contributed by atoms with Gasteiger partial charge in [0, 0.05) is 0 Å². The minimum atomic E-state index is -5.80. The SMILES string of the molecule is FC(F)(F)c1cc(P(c2cc(C(F)(F)F)nc(C(F)(F)F)c2)c2cc(C(F)(F)F)nc(C(F)(F)F)c2)cc(C(F)(F)F)n1. The number of halogens is 18. The van der Waals surface area contributed by atoms with Crippen LogP contribution < -0.4 is 15.9 Å². The maximum Gasteiger partial charge on any atom is 0.433 e. The van der Waals surface area contributed by atoms with Gasteiger partial charge in [-0.25, -0.2) is 15.0 Å². The van der Waals surface area contributed by atoms with Crippen molar-refractivity contribution in [1.29, 1.82) is 0 Å². The van der Waals surface area contributed by atoms with Crippen LogP contribution in [0.25, 0.3) is 0 Å². The second kappa shape index (κ2) is 10.7. The van der Waals surface area contributed by atoms with Crippen LogP contribution in [0.3, 0.4) is 0 Å². The Hall–Kier alpha value is -3.38. The molecule has 0 aliphatic carbocycles. The van der Waals surface area contributed by atoms with E-state index in [0.29, 0.717) is 0 Å². The van der Waals surface area contributed by atoms with E-state index in [1.165, 1.54) is 0 Å². The predicted octanol–water partition coefficient (Wildman–Crippen LogP) is 7.74. The molecule has 0 saturated heterocycles. The summed E-state index contributed by atoms with van der Waals surface area (Å²) in [4.78, 5) is 6.87. The zero-order chi connectivity index (χ0) is 33.1. The van der Waals surface area contributed by atoms with E-state index < -0.39 is 95.1 Å². The average molecular weight is 673 g/mol.